The van der Waals surface area contributed by atoms with Crippen molar-refractivity contribution in [2.24, 2.45) is 0 Å². The highest BCUT2D eigenvalue weighted by molar-refractivity contribution is 7.18. The van der Waals surface area contributed by atoms with Crippen LogP contribution in [0.15, 0.2) is 61.0 Å². The van der Waals surface area contributed by atoms with Crippen LogP contribution in [0.2, 0.25) is 0 Å². The molecule has 4 aromatic heterocycles. The summed E-state index contributed by atoms with van der Waals surface area (Å²) in [6.07, 6.45) is 5.34. The summed E-state index contributed by atoms with van der Waals surface area (Å²) in [6.45, 7) is 7.52. The highest BCUT2D eigenvalue weighted by Gasteiger charge is 2.29. The first-order valence-corrected chi connectivity index (χ1v) is 14.8. The van der Waals surface area contributed by atoms with E-state index in [1.807, 2.05) is 11.4 Å². The van der Waals surface area contributed by atoms with Crippen molar-refractivity contribution in [2.75, 3.05) is 13.1 Å². The number of carbonyl (C=O) groups excluding carboxylic acids is 1. The number of amides is 1. The number of hydrogen-bond acceptors (Lipinski definition) is 6. The minimum absolute atomic E-state index is 0.0227. The fraction of sp³-hybridized carbons (Fsp3) is 0.290. The van der Waals surface area contributed by atoms with Gasteiger partial charge in [-0.2, -0.15) is 10.2 Å². The van der Waals surface area contributed by atoms with E-state index >= 15 is 4.39 Å². The van der Waals surface area contributed by atoms with Crippen LogP contribution in [0.5, 0.6) is 5.75 Å². The fourth-order valence-corrected chi connectivity index (χ4v) is 6.45. The smallest absolute Gasteiger partial charge is 0.257 e. The standard InChI is InChI=1S/C31H28F4N6O2S/c1-4-26(42)39-7-5-21(15-39)41-14-19(12-37-41)30-28(27-23(33)9-20(32)10-24(27)43-17(2)3)31-22(6-8-44-31)29(38-30)18-11-36-40(13-18)16-25(34)35/h4,6,8-14,17,21,25H,1,5,7,15-16H2,2-3H3. The van der Waals surface area contributed by atoms with Gasteiger partial charge in [-0.15, -0.1) is 11.3 Å². The Morgan fingerprint density at radius 3 is 2.66 bits per heavy atom. The van der Waals surface area contributed by atoms with Crippen molar-refractivity contribution in [3.05, 3.63) is 72.7 Å². The van der Waals surface area contributed by atoms with Crippen LogP contribution < -0.4 is 4.74 Å². The molecule has 13 heteroatoms. The third kappa shape index (κ3) is 5.59. The van der Waals surface area contributed by atoms with E-state index in [1.54, 1.807) is 35.8 Å². The average molecular weight is 625 g/mol. The van der Waals surface area contributed by atoms with Gasteiger partial charge in [0, 0.05) is 64.4 Å². The summed E-state index contributed by atoms with van der Waals surface area (Å²) in [4.78, 5) is 18.8. The second kappa shape index (κ2) is 11.9. The Morgan fingerprint density at radius 1 is 1.14 bits per heavy atom. The number of fused-ring (bicyclic) bond motifs is 1. The summed E-state index contributed by atoms with van der Waals surface area (Å²) in [5, 5.41) is 11.1. The number of aromatic nitrogens is 5. The van der Waals surface area contributed by atoms with Crippen LogP contribution in [0, 0.1) is 11.6 Å². The van der Waals surface area contributed by atoms with E-state index in [0.717, 1.165) is 16.8 Å². The summed E-state index contributed by atoms with van der Waals surface area (Å²) in [7, 11) is 0. The van der Waals surface area contributed by atoms with Crippen LogP contribution in [0.1, 0.15) is 26.3 Å². The molecule has 0 N–H and O–H groups in total. The molecule has 1 aromatic carbocycles. The number of benzene rings is 1. The molecular formula is C31H28F4N6O2S. The van der Waals surface area contributed by atoms with Gasteiger partial charge in [-0.1, -0.05) is 6.58 Å². The van der Waals surface area contributed by atoms with E-state index < -0.39 is 24.6 Å². The molecule has 1 aliphatic rings. The summed E-state index contributed by atoms with van der Waals surface area (Å²) in [5.41, 5.74) is 2.29. The Labute approximate surface area is 254 Å². The van der Waals surface area contributed by atoms with Crippen molar-refractivity contribution in [3.63, 3.8) is 0 Å². The van der Waals surface area contributed by atoms with Gasteiger partial charge in [0.1, 0.15) is 23.9 Å². The Kier molecular flexibility index (Phi) is 7.97. The number of nitrogens with zero attached hydrogens (tertiary/aromatic N) is 6. The first-order valence-electron chi connectivity index (χ1n) is 14.0. The first kappa shape index (κ1) is 29.5. The average Bonchev–Trinajstić information content (AvgIpc) is 3.78. The molecule has 0 spiro atoms. The van der Waals surface area contributed by atoms with Crippen LogP contribution in [-0.4, -0.2) is 61.0 Å². The van der Waals surface area contributed by atoms with E-state index in [1.165, 1.54) is 29.8 Å². The maximum atomic E-state index is 15.8. The van der Waals surface area contributed by atoms with Gasteiger partial charge in [0.25, 0.3) is 6.43 Å². The monoisotopic (exact) mass is 624 g/mol. The van der Waals surface area contributed by atoms with Gasteiger partial charge in [0.05, 0.1) is 41.5 Å². The minimum Gasteiger partial charge on any atom is -0.490 e. The summed E-state index contributed by atoms with van der Waals surface area (Å²) in [5.74, 6) is -1.74. The van der Waals surface area contributed by atoms with Gasteiger partial charge in [0.15, 0.2) is 0 Å². The quantitative estimate of drug-likeness (QED) is 0.131. The van der Waals surface area contributed by atoms with Crippen LogP contribution in [0.25, 0.3) is 43.7 Å². The molecule has 0 saturated carbocycles. The zero-order valence-electron chi connectivity index (χ0n) is 23.9. The van der Waals surface area contributed by atoms with E-state index in [-0.39, 0.29) is 29.4 Å². The molecule has 8 nitrogen and oxygen atoms in total. The highest BCUT2D eigenvalue weighted by Crippen LogP contribution is 2.47. The predicted octanol–water partition coefficient (Wildman–Crippen LogP) is 6.98. The molecule has 1 atom stereocenters. The van der Waals surface area contributed by atoms with E-state index in [4.69, 9.17) is 9.72 Å². The Morgan fingerprint density at radius 2 is 1.91 bits per heavy atom. The molecule has 1 saturated heterocycles. The number of halogens is 4. The van der Waals surface area contributed by atoms with E-state index in [0.29, 0.717) is 57.7 Å². The van der Waals surface area contributed by atoms with Gasteiger partial charge in [-0.3, -0.25) is 14.2 Å². The lowest BCUT2D eigenvalue weighted by Crippen LogP contribution is -2.27. The molecule has 228 valence electrons. The maximum absolute atomic E-state index is 15.8. The van der Waals surface area contributed by atoms with Gasteiger partial charge in [-0.05, 0) is 37.8 Å². The lowest BCUT2D eigenvalue weighted by Gasteiger charge is -2.19. The van der Waals surface area contributed by atoms with Crippen LogP contribution in [0.4, 0.5) is 17.6 Å². The molecule has 44 heavy (non-hydrogen) atoms. The highest BCUT2D eigenvalue weighted by atomic mass is 32.1. The largest absolute Gasteiger partial charge is 0.490 e. The van der Waals surface area contributed by atoms with Crippen molar-refractivity contribution < 1.29 is 27.1 Å². The minimum atomic E-state index is -2.59. The second-order valence-electron chi connectivity index (χ2n) is 10.8. The molecule has 6 rings (SSSR count). The van der Waals surface area contributed by atoms with Crippen molar-refractivity contribution in [2.45, 2.75) is 45.4 Å². The molecule has 0 aliphatic carbocycles. The summed E-state index contributed by atoms with van der Waals surface area (Å²) >= 11 is 1.34. The van der Waals surface area contributed by atoms with Gasteiger partial charge >= 0.3 is 0 Å². The van der Waals surface area contributed by atoms with Crippen molar-refractivity contribution in [1.29, 1.82) is 0 Å². The molecule has 5 heterocycles. The molecule has 0 bridgehead atoms. The normalized spacial score (nSPS) is 15.2. The summed E-state index contributed by atoms with van der Waals surface area (Å²) < 4.78 is 65.9. The number of alkyl halides is 2. The number of pyridine rings is 1. The molecule has 1 aliphatic heterocycles. The van der Waals surface area contributed by atoms with E-state index in [2.05, 4.69) is 16.8 Å². The van der Waals surface area contributed by atoms with Crippen molar-refractivity contribution >= 4 is 27.3 Å². The van der Waals surface area contributed by atoms with Gasteiger partial charge < -0.3 is 9.64 Å². The summed E-state index contributed by atoms with van der Waals surface area (Å²) in [6, 6.07) is 3.67. The lowest BCUT2D eigenvalue weighted by molar-refractivity contribution is -0.125. The number of carbonyl (C=O) groups is 1. The van der Waals surface area contributed by atoms with Crippen molar-refractivity contribution in [3.8, 4) is 39.4 Å². The number of thiophene rings is 1. The number of rotatable bonds is 9. The zero-order valence-corrected chi connectivity index (χ0v) is 24.7. The third-order valence-corrected chi connectivity index (χ3v) is 8.30. The lowest BCUT2D eigenvalue weighted by atomic mass is 9.96. The number of hydrogen-bond donors (Lipinski definition) is 0. The topological polar surface area (TPSA) is 78.1 Å². The van der Waals surface area contributed by atoms with Gasteiger partial charge in [-0.25, -0.2) is 22.5 Å². The SMILES string of the molecule is C=CC(=O)N1CCC(n2cc(-c3nc(-c4cnn(CC(F)F)c4)c4ccsc4c3-c3c(F)cc(F)cc3OC(C)C)cn2)C1. The molecule has 1 amide bonds. The Hall–Kier alpha value is -4.52. The molecule has 1 fully saturated rings. The second-order valence-corrected chi connectivity index (χ2v) is 11.7. The van der Waals surface area contributed by atoms with E-state index in [9.17, 15) is 18.0 Å². The fourth-order valence-electron chi connectivity index (χ4n) is 5.50. The molecule has 5 aromatic rings. The Balaban J connectivity index is 1.56. The molecular weight excluding hydrogens is 596 g/mol. The maximum Gasteiger partial charge on any atom is 0.257 e. The van der Waals surface area contributed by atoms with Crippen molar-refractivity contribution in [1.82, 2.24) is 29.4 Å². The zero-order chi connectivity index (χ0) is 31.1. The number of ether oxygens (including phenoxy) is 1. The van der Waals surface area contributed by atoms with Crippen LogP contribution in [0.3, 0.4) is 0 Å². The van der Waals surface area contributed by atoms with Crippen LogP contribution >= 0.6 is 11.3 Å². The first-order chi connectivity index (χ1) is 21.1. The predicted molar refractivity (Wildman–Crippen MR) is 160 cm³/mol. The van der Waals surface area contributed by atoms with Crippen LogP contribution in [-0.2, 0) is 11.3 Å². The molecule has 0 radical (unpaired) electrons. The Bertz CT molecular complexity index is 1860. The molecule has 1 unspecified atom stereocenters. The third-order valence-electron chi connectivity index (χ3n) is 7.37. The number of likely N-dealkylation sites (tertiary alicyclic amines) is 1. The van der Waals surface area contributed by atoms with Gasteiger partial charge in [0.2, 0.25) is 5.91 Å².